The summed E-state index contributed by atoms with van der Waals surface area (Å²) in [6.45, 7) is 10.2. The first-order valence-corrected chi connectivity index (χ1v) is 16.0. The van der Waals surface area contributed by atoms with E-state index < -0.39 is 61.0 Å². The second kappa shape index (κ2) is 11.5. The predicted molar refractivity (Wildman–Crippen MR) is 155 cm³/mol. The summed E-state index contributed by atoms with van der Waals surface area (Å²) in [7, 11) is 0. The van der Waals surface area contributed by atoms with E-state index in [1.165, 1.54) is 5.57 Å². The number of fused-ring (bicyclic) bond motifs is 7. The maximum atomic E-state index is 11.7. The highest BCUT2D eigenvalue weighted by Crippen LogP contribution is 2.69. The predicted octanol–water partition coefficient (Wildman–Crippen LogP) is 1.30. The number of ether oxygens (including phenoxy) is 3. The van der Waals surface area contributed by atoms with Gasteiger partial charge in [-0.2, -0.15) is 0 Å². The fourth-order valence-corrected chi connectivity index (χ4v) is 10.2. The molecular weight excluding hydrogens is 556 g/mol. The summed E-state index contributed by atoms with van der Waals surface area (Å²) in [4.78, 5) is 0. The molecule has 43 heavy (non-hydrogen) atoms. The Bertz CT molecular complexity index is 1150. The van der Waals surface area contributed by atoms with Crippen molar-refractivity contribution >= 4 is 0 Å². The van der Waals surface area contributed by atoms with Gasteiger partial charge in [0.2, 0.25) is 0 Å². The number of allylic oxidation sites excluding steroid dienone is 2. The molecule has 0 bridgehead atoms. The van der Waals surface area contributed by atoms with Crippen LogP contribution in [0.4, 0.5) is 0 Å². The minimum atomic E-state index is -1.49. The molecule has 10 nitrogen and oxygen atoms in total. The van der Waals surface area contributed by atoms with E-state index in [1.54, 1.807) is 0 Å². The summed E-state index contributed by atoms with van der Waals surface area (Å²) in [6, 6.07) is 0. The van der Waals surface area contributed by atoms with Crippen molar-refractivity contribution in [2.75, 3.05) is 13.2 Å². The van der Waals surface area contributed by atoms with Gasteiger partial charge in [-0.25, -0.2) is 0 Å². The van der Waals surface area contributed by atoms with E-state index >= 15 is 0 Å². The first-order valence-electron chi connectivity index (χ1n) is 16.0. The van der Waals surface area contributed by atoms with Gasteiger partial charge in [-0.05, 0) is 67.8 Å². The summed E-state index contributed by atoms with van der Waals surface area (Å²) < 4.78 is 17.7. The summed E-state index contributed by atoms with van der Waals surface area (Å²) in [5, 5.41) is 72.9. The van der Waals surface area contributed by atoms with E-state index in [2.05, 4.69) is 33.4 Å². The topological polar surface area (TPSA) is 169 Å². The van der Waals surface area contributed by atoms with Gasteiger partial charge in [-0.3, -0.25) is 0 Å². The fourth-order valence-electron chi connectivity index (χ4n) is 10.2. The van der Waals surface area contributed by atoms with Crippen LogP contribution in [0.5, 0.6) is 0 Å². The average molecular weight is 607 g/mol. The lowest BCUT2D eigenvalue weighted by atomic mass is 9.45. The lowest BCUT2D eigenvalue weighted by Crippen LogP contribution is -2.60. The standard InChI is InChI=1S/C33H50O10/c1-15(14-41-31-30(40)29(39)28(38)24(13-34)43-31)5-8-22-16(2)26-23(42-22)11-20-19-7-6-17-9-18(35)10-25(37)33(17,4)27(19)21(36)12-32(20,26)3/h6,18-21,23-31,34-40H,1,5,7-14H2,2-4H3/t18-,19+,20?,21-,23+,24-,25-,26+,27?,28-,29+,30-,31-,32+,33-/m1/s1. The second-order valence-corrected chi connectivity index (χ2v) is 14.7. The molecule has 242 valence electrons. The van der Waals surface area contributed by atoms with E-state index in [0.717, 1.165) is 29.7 Å². The summed E-state index contributed by atoms with van der Waals surface area (Å²) >= 11 is 0. The largest absolute Gasteiger partial charge is 0.494 e. The van der Waals surface area contributed by atoms with Crippen LogP contribution in [0.15, 0.2) is 35.1 Å². The number of hydrogen-bond acceptors (Lipinski definition) is 10. The molecule has 15 atom stereocenters. The van der Waals surface area contributed by atoms with Gasteiger partial charge in [0.15, 0.2) is 6.29 Å². The van der Waals surface area contributed by atoms with E-state index in [1.807, 2.05) is 0 Å². The Balaban J connectivity index is 1.10. The van der Waals surface area contributed by atoms with Crippen molar-refractivity contribution < 1.29 is 50.0 Å². The third-order valence-corrected chi connectivity index (χ3v) is 12.3. The highest BCUT2D eigenvalue weighted by atomic mass is 16.7. The number of rotatable bonds is 7. The van der Waals surface area contributed by atoms with Crippen molar-refractivity contribution in [3.63, 3.8) is 0 Å². The van der Waals surface area contributed by atoms with Crippen LogP contribution in [0, 0.1) is 34.5 Å². The van der Waals surface area contributed by atoms with E-state index in [-0.39, 0.29) is 35.9 Å². The maximum absolute atomic E-state index is 11.7. The minimum absolute atomic E-state index is 0.0392. The average Bonchev–Trinajstić information content (AvgIpc) is 3.43. The Labute approximate surface area is 253 Å². The van der Waals surface area contributed by atoms with Gasteiger partial charge in [-0.15, -0.1) is 0 Å². The number of hydrogen-bond donors (Lipinski definition) is 7. The monoisotopic (exact) mass is 606 g/mol. The van der Waals surface area contributed by atoms with Crippen LogP contribution >= 0.6 is 0 Å². The molecule has 0 aromatic heterocycles. The Hall–Kier alpha value is -1.34. The van der Waals surface area contributed by atoms with Crippen LogP contribution in [0.2, 0.25) is 0 Å². The van der Waals surface area contributed by atoms with Gasteiger partial charge in [0.25, 0.3) is 0 Å². The van der Waals surface area contributed by atoms with E-state index in [0.29, 0.717) is 38.0 Å². The lowest BCUT2D eigenvalue weighted by Gasteiger charge is -2.60. The van der Waals surface area contributed by atoms with Gasteiger partial charge < -0.3 is 50.0 Å². The normalized spacial score (nSPS) is 50.7. The molecule has 0 aromatic rings. The first kappa shape index (κ1) is 31.6. The molecule has 4 fully saturated rings. The van der Waals surface area contributed by atoms with Crippen molar-refractivity contribution in [3.8, 4) is 0 Å². The molecule has 2 unspecified atom stereocenters. The maximum Gasteiger partial charge on any atom is 0.187 e. The molecule has 0 amide bonds. The summed E-state index contributed by atoms with van der Waals surface area (Å²) in [6.07, 6.45) is -1.46. The Morgan fingerprint density at radius 3 is 2.53 bits per heavy atom. The van der Waals surface area contributed by atoms with Gasteiger partial charge in [0, 0.05) is 24.2 Å². The smallest absolute Gasteiger partial charge is 0.187 e. The van der Waals surface area contributed by atoms with Gasteiger partial charge in [0.05, 0.1) is 37.3 Å². The zero-order valence-electron chi connectivity index (χ0n) is 25.5. The Kier molecular flexibility index (Phi) is 8.44. The molecule has 0 spiro atoms. The van der Waals surface area contributed by atoms with Crippen molar-refractivity contribution in [2.45, 2.75) is 121 Å². The number of aliphatic hydroxyl groups is 7. The van der Waals surface area contributed by atoms with Gasteiger partial charge >= 0.3 is 0 Å². The van der Waals surface area contributed by atoms with Crippen LogP contribution in [0.1, 0.15) is 65.7 Å². The molecule has 0 radical (unpaired) electrons. The lowest BCUT2D eigenvalue weighted by molar-refractivity contribution is -0.299. The molecule has 2 aliphatic heterocycles. The summed E-state index contributed by atoms with van der Waals surface area (Å²) in [5.41, 5.74) is 2.44. The molecule has 7 N–H and O–H groups in total. The fraction of sp³-hybridized carbons (Fsp3) is 0.818. The van der Waals surface area contributed by atoms with Gasteiger partial charge in [-0.1, -0.05) is 37.6 Å². The van der Waals surface area contributed by atoms with Crippen LogP contribution in [0.25, 0.3) is 0 Å². The molecule has 1 saturated heterocycles. The molecule has 6 rings (SSSR count). The molecule has 0 aromatic carbocycles. The highest BCUT2D eigenvalue weighted by Gasteiger charge is 2.67. The minimum Gasteiger partial charge on any atom is -0.494 e. The second-order valence-electron chi connectivity index (χ2n) is 14.7. The van der Waals surface area contributed by atoms with Crippen LogP contribution in [0.3, 0.4) is 0 Å². The zero-order chi connectivity index (χ0) is 31.0. The van der Waals surface area contributed by atoms with Crippen molar-refractivity contribution in [1.29, 1.82) is 0 Å². The first-order chi connectivity index (χ1) is 20.3. The molecule has 6 aliphatic rings. The van der Waals surface area contributed by atoms with Crippen LogP contribution < -0.4 is 0 Å². The SMILES string of the molecule is C=C(CCC1=C(C)[C@H]2[C@H](CC3[C@@H]4CC=C5C[C@@H](O)C[C@@H](O)[C@]5(C)C4[C@H](O)C[C@@]32C)O1)CO[C@@H]1O[C@H](CO)[C@@H](O)[C@H](O)[C@H]1O. The van der Waals surface area contributed by atoms with E-state index in [9.17, 15) is 35.7 Å². The molecule has 3 saturated carbocycles. The van der Waals surface area contributed by atoms with Crippen LogP contribution in [-0.4, -0.2) is 104 Å². The number of aliphatic hydroxyl groups excluding tert-OH is 7. The van der Waals surface area contributed by atoms with Crippen molar-refractivity contribution in [3.05, 3.63) is 35.1 Å². The van der Waals surface area contributed by atoms with Crippen molar-refractivity contribution in [2.24, 2.45) is 34.5 Å². The zero-order valence-corrected chi connectivity index (χ0v) is 25.5. The Morgan fingerprint density at radius 1 is 1.07 bits per heavy atom. The molecule has 10 heteroatoms. The van der Waals surface area contributed by atoms with Crippen molar-refractivity contribution in [1.82, 2.24) is 0 Å². The summed E-state index contributed by atoms with van der Waals surface area (Å²) in [5.74, 6) is 1.73. The Morgan fingerprint density at radius 2 is 1.81 bits per heavy atom. The molecular formula is C33H50O10. The van der Waals surface area contributed by atoms with Gasteiger partial charge in [0.1, 0.15) is 30.5 Å². The van der Waals surface area contributed by atoms with E-state index in [4.69, 9.17) is 14.2 Å². The third-order valence-electron chi connectivity index (χ3n) is 12.3. The molecule has 4 aliphatic carbocycles. The quantitative estimate of drug-likeness (QED) is 0.210. The highest BCUT2D eigenvalue weighted by molar-refractivity contribution is 5.32. The molecule has 2 heterocycles. The third kappa shape index (κ3) is 4.96. The van der Waals surface area contributed by atoms with Crippen LogP contribution in [-0.2, 0) is 14.2 Å².